The minimum absolute atomic E-state index is 0.0162. The smallest absolute Gasteiger partial charge is 0.399 e. The van der Waals surface area contributed by atoms with Crippen molar-refractivity contribution in [2.75, 3.05) is 17.2 Å². The molecule has 0 aliphatic rings. The summed E-state index contributed by atoms with van der Waals surface area (Å²) in [6.45, 7) is 3.30. The molecule has 0 aromatic heterocycles. The van der Waals surface area contributed by atoms with Crippen LogP contribution in [0, 0.1) is 0 Å². The molecule has 1 aromatic carbocycles. The zero-order valence-corrected chi connectivity index (χ0v) is 12.2. The summed E-state index contributed by atoms with van der Waals surface area (Å²) in [4.78, 5) is 0. The van der Waals surface area contributed by atoms with E-state index in [0.717, 1.165) is 0 Å². The zero-order valence-electron chi connectivity index (χ0n) is 10.6. The van der Waals surface area contributed by atoms with Gasteiger partial charge < -0.3 is 9.92 Å². The van der Waals surface area contributed by atoms with Gasteiger partial charge in [0.1, 0.15) is 15.6 Å². The molecule has 0 atom stereocenters. The quantitative estimate of drug-likeness (QED) is 0.625. The third kappa shape index (κ3) is 9.28. The number of rotatable bonds is 4. The summed E-state index contributed by atoms with van der Waals surface area (Å²) in [5.74, 6) is 0.519. The summed E-state index contributed by atoms with van der Waals surface area (Å²) in [7, 11) is -7.11. The fourth-order valence-electron chi connectivity index (χ4n) is 0.892. The maximum absolute atomic E-state index is 10.4. The first-order valence-corrected chi connectivity index (χ1v) is 8.51. The van der Waals surface area contributed by atoms with Crippen LogP contribution in [0.2, 0.25) is 0 Å². The van der Waals surface area contributed by atoms with Gasteiger partial charge in [0.05, 0.1) is 0 Å². The number of sulfone groups is 1. The second-order valence-electron chi connectivity index (χ2n) is 3.40. The van der Waals surface area contributed by atoms with Crippen molar-refractivity contribution in [2.24, 2.45) is 0 Å². The minimum Gasteiger partial charge on any atom is -0.399 e. The first-order chi connectivity index (χ1) is 8.59. The SMILES string of the molecule is CCS(=O)(=O)CC.Nc1cccc(OS(=O)(=O)O)c1. The first-order valence-electron chi connectivity index (χ1n) is 5.32. The molecule has 0 aliphatic carbocycles. The summed E-state index contributed by atoms with van der Waals surface area (Å²) in [6.07, 6.45) is 0. The number of nitrogen functional groups attached to an aromatic ring is 1. The third-order valence-corrected chi connectivity index (χ3v) is 4.10. The molecular formula is C10H17NO6S2. The van der Waals surface area contributed by atoms with E-state index in [0.29, 0.717) is 5.69 Å². The lowest BCUT2D eigenvalue weighted by atomic mass is 10.3. The highest BCUT2D eigenvalue weighted by molar-refractivity contribution is 7.91. The van der Waals surface area contributed by atoms with Gasteiger partial charge in [-0.05, 0) is 12.1 Å². The van der Waals surface area contributed by atoms with Crippen LogP contribution < -0.4 is 9.92 Å². The van der Waals surface area contributed by atoms with E-state index in [4.69, 9.17) is 10.3 Å². The van der Waals surface area contributed by atoms with Gasteiger partial charge in [-0.3, -0.25) is 4.55 Å². The molecule has 7 nitrogen and oxygen atoms in total. The lowest BCUT2D eigenvalue weighted by Crippen LogP contribution is -2.06. The first kappa shape index (κ1) is 17.7. The number of hydrogen-bond acceptors (Lipinski definition) is 6. The van der Waals surface area contributed by atoms with Gasteiger partial charge in [-0.15, -0.1) is 0 Å². The molecule has 3 N–H and O–H groups in total. The highest BCUT2D eigenvalue weighted by Gasteiger charge is 2.05. The van der Waals surface area contributed by atoms with E-state index in [-0.39, 0.29) is 17.3 Å². The second kappa shape index (κ2) is 7.31. The number of benzene rings is 1. The Balaban J connectivity index is 0.000000399. The summed E-state index contributed by atoms with van der Waals surface area (Å²) in [6, 6.07) is 5.73. The van der Waals surface area contributed by atoms with E-state index in [1.165, 1.54) is 18.2 Å². The normalized spacial score (nSPS) is 11.3. The molecule has 0 amide bonds. The Kier molecular flexibility index (Phi) is 6.81. The van der Waals surface area contributed by atoms with Crippen molar-refractivity contribution in [1.29, 1.82) is 0 Å². The Morgan fingerprint density at radius 3 is 2.00 bits per heavy atom. The number of nitrogens with two attached hydrogens (primary N) is 1. The molecule has 110 valence electrons. The minimum atomic E-state index is -4.45. The summed E-state index contributed by atoms with van der Waals surface area (Å²) in [5.41, 5.74) is 5.68. The molecule has 0 radical (unpaired) electrons. The Morgan fingerprint density at radius 2 is 1.68 bits per heavy atom. The maximum Gasteiger partial charge on any atom is 0.446 e. The van der Waals surface area contributed by atoms with Crippen LogP contribution in [0.3, 0.4) is 0 Å². The van der Waals surface area contributed by atoms with Crippen molar-refractivity contribution in [1.82, 2.24) is 0 Å². The second-order valence-corrected chi connectivity index (χ2v) is 7.07. The van der Waals surface area contributed by atoms with Crippen LogP contribution in [0.15, 0.2) is 24.3 Å². The van der Waals surface area contributed by atoms with Gasteiger partial charge in [-0.1, -0.05) is 19.9 Å². The monoisotopic (exact) mass is 311 g/mol. The molecule has 0 heterocycles. The third-order valence-electron chi connectivity index (χ3n) is 1.94. The van der Waals surface area contributed by atoms with E-state index in [2.05, 4.69) is 4.18 Å². The van der Waals surface area contributed by atoms with E-state index in [1.54, 1.807) is 19.9 Å². The van der Waals surface area contributed by atoms with Crippen molar-refractivity contribution in [3.05, 3.63) is 24.3 Å². The van der Waals surface area contributed by atoms with Gasteiger partial charge in [0.2, 0.25) is 0 Å². The van der Waals surface area contributed by atoms with Crippen LogP contribution in [-0.4, -0.2) is 32.9 Å². The Labute approximate surface area is 113 Å². The molecule has 19 heavy (non-hydrogen) atoms. The highest BCUT2D eigenvalue weighted by atomic mass is 32.3. The molecular weight excluding hydrogens is 294 g/mol. The summed E-state index contributed by atoms with van der Waals surface area (Å²) in [5, 5.41) is 0. The Hall–Kier alpha value is -1.32. The molecule has 0 bridgehead atoms. The van der Waals surface area contributed by atoms with E-state index in [9.17, 15) is 16.8 Å². The number of anilines is 1. The largest absolute Gasteiger partial charge is 0.446 e. The molecule has 0 saturated heterocycles. The summed E-state index contributed by atoms with van der Waals surface area (Å²) < 4.78 is 53.5. The van der Waals surface area contributed by atoms with Crippen molar-refractivity contribution in [3.63, 3.8) is 0 Å². The van der Waals surface area contributed by atoms with E-state index in [1.807, 2.05) is 0 Å². The standard InChI is InChI=1S/C6H7NO4S.C4H10O2S/c7-5-2-1-3-6(4-5)11-12(8,9)10;1-3-7(5,6)4-2/h1-4H,7H2,(H,8,9,10);3-4H2,1-2H3. The molecule has 0 fully saturated rings. The van der Waals surface area contributed by atoms with Crippen LogP contribution in [0.5, 0.6) is 5.75 Å². The van der Waals surface area contributed by atoms with Gasteiger partial charge >= 0.3 is 10.4 Å². The lowest BCUT2D eigenvalue weighted by molar-refractivity contribution is 0.387. The average molecular weight is 311 g/mol. The molecule has 0 unspecified atom stereocenters. The van der Waals surface area contributed by atoms with E-state index >= 15 is 0 Å². The van der Waals surface area contributed by atoms with E-state index < -0.39 is 20.2 Å². The lowest BCUT2D eigenvalue weighted by Gasteiger charge is -2.00. The average Bonchev–Trinajstić information content (AvgIpc) is 2.28. The van der Waals surface area contributed by atoms with Crippen LogP contribution >= 0.6 is 0 Å². The molecule has 1 rings (SSSR count). The van der Waals surface area contributed by atoms with Crippen LogP contribution in [0.1, 0.15) is 13.8 Å². The molecule has 0 saturated carbocycles. The predicted octanol–water partition coefficient (Wildman–Crippen LogP) is 0.891. The Bertz CT molecular complexity index is 584. The van der Waals surface area contributed by atoms with Crippen molar-refractivity contribution >= 4 is 25.9 Å². The topological polar surface area (TPSA) is 124 Å². The molecule has 0 aliphatic heterocycles. The fourth-order valence-corrected chi connectivity index (χ4v) is 1.65. The molecule has 0 spiro atoms. The predicted molar refractivity (Wildman–Crippen MR) is 73.0 cm³/mol. The van der Waals surface area contributed by atoms with Crippen LogP contribution in [0.25, 0.3) is 0 Å². The summed E-state index contributed by atoms with van der Waals surface area (Å²) >= 11 is 0. The fraction of sp³-hybridized carbons (Fsp3) is 0.400. The van der Waals surface area contributed by atoms with Gasteiger partial charge in [0.25, 0.3) is 0 Å². The van der Waals surface area contributed by atoms with Crippen molar-refractivity contribution in [2.45, 2.75) is 13.8 Å². The van der Waals surface area contributed by atoms with Gasteiger partial charge in [-0.2, -0.15) is 8.42 Å². The van der Waals surface area contributed by atoms with Crippen LogP contribution in [0.4, 0.5) is 5.69 Å². The van der Waals surface area contributed by atoms with Gasteiger partial charge in [0.15, 0.2) is 0 Å². The van der Waals surface area contributed by atoms with Gasteiger partial charge in [0, 0.05) is 23.3 Å². The van der Waals surface area contributed by atoms with Crippen molar-refractivity contribution in [3.8, 4) is 5.75 Å². The molecule has 9 heteroatoms. The highest BCUT2D eigenvalue weighted by Crippen LogP contribution is 2.15. The number of hydrogen-bond donors (Lipinski definition) is 2. The Morgan fingerprint density at radius 1 is 1.16 bits per heavy atom. The van der Waals surface area contributed by atoms with Crippen molar-refractivity contribution < 1.29 is 25.6 Å². The maximum atomic E-state index is 10.4. The van der Waals surface area contributed by atoms with Crippen LogP contribution in [-0.2, 0) is 20.2 Å². The van der Waals surface area contributed by atoms with Gasteiger partial charge in [-0.25, -0.2) is 8.42 Å². The zero-order chi connectivity index (χ0) is 15.1. The molecule has 1 aromatic rings.